The van der Waals surface area contributed by atoms with Crippen LogP contribution >= 0.6 is 11.3 Å². The molecule has 1 N–H and O–H groups in total. The van der Waals surface area contributed by atoms with Gasteiger partial charge < -0.3 is 5.32 Å². The molecule has 0 atom stereocenters. The summed E-state index contributed by atoms with van der Waals surface area (Å²) in [7, 11) is 0. The van der Waals surface area contributed by atoms with Crippen molar-refractivity contribution < 1.29 is 9.59 Å². The molecule has 0 radical (unpaired) electrons. The Morgan fingerprint density at radius 1 is 1.25 bits per heavy atom. The second-order valence-corrected chi connectivity index (χ2v) is 6.01. The van der Waals surface area contributed by atoms with Crippen LogP contribution < -0.4 is 5.32 Å². The molecule has 1 aliphatic carbocycles. The van der Waals surface area contributed by atoms with E-state index < -0.39 is 0 Å². The van der Waals surface area contributed by atoms with Crippen molar-refractivity contribution in [2.75, 3.05) is 5.32 Å². The number of amides is 1. The second-order valence-electron chi connectivity index (χ2n) is 5.06. The molecular weight excluding hydrogens is 270 g/mol. The van der Waals surface area contributed by atoms with Crippen LogP contribution in [0.15, 0.2) is 35.7 Å². The Kier molecular flexibility index (Phi) is 3.40. The van der Waals surface area contributed by atoms with Crippen molar-refractivity contribution >= 4 is 28.7 Å². The van der Waals surface area contributed by atoms with E-state index in [2.05, 4.69) is 5.32 Å². The van der Waals surface area contributed by atoms with Crippen LogP contribution in [0, 0.1) is 0 Å². The standard InChI is InChI=1S/C16H15NO2S/c1-10(18)12-6-7-13(11-4-5-11)14(9-12)17-16(19)15-3-2-8-20-15/h2-3,6-9,11H,4-5H2,1H3,(H,17,19). The zero-order chi connectivity index (χ0) is 14.1. The van der Waals surface area contributed by atoms with E-state index in [0.717, 1.165) is 24.1 Å². The third-order valence-electron chi connectivity index (χ3n) is 3.47. The number of nitrogens with one attached hydrogen (secondary N) is 1. The minimum absolute atomic E-state index is 0.0129. The monoisotopic (exact) mass is 285 g/mol. The minimum Gasteiger partial charge on any atom is -0.321 e. The summed E-state index contributed by atoms with van der Waals surface area (Å²) in [5.74, 6) is 0.427. The molecule has 0 unspecified atom stereocenters. The maximum Gasteiger partial charge on any atom is 0.265 e. The lowest BCUT2D eigenvalue weighted by Crippen LogP contribution is -2.12. The molecule has 0 aliphatic heterocycles. The molecule has 0 saturated heterocycles. The first-order chi connectivity index (χ1) is 9.65. The van der Waals surface area contributed by atoms with Crippen LogP contribution in [0.1, 0.15) is 51.3 Å². The van der Waals surface area contributed by atoms with E-state index in [-0.39, 0.29) is 11.7 Å². The highest BCUT2D eigenvalue weighted by atomic mass is 32.1. The van der Waals surface area contributed by atoms with Gasteiger partial charge >= 0.3 is 0 Å². The summed E-state index contributed by atoms with van der Waals surface area (Å²) in [5.41, 5.74) is 2.55. The minimum atomic E-state index is -0.109. The van der Waals surface area contributed by atoms with Crippen molar-refractivity contribution in [3.8, 4) is 0 Å². The molecule has 3 rings (SSSR count). The van der Waals surface area contributed by atoms with Crippen molar-refractivity contribution in [2.24, 2.45) is 0 Å². The summed E-state index contributed by atoms with van der Waals surface area (Å²) in [6.45, 7) is 1.54. The van der Waals surface area contributed by atoms with Crippen molar-refractivity contribution in [2.45, 2.75) is 25.7 Å². The number of hydrogen-bond acceptors (Lipinski definition) is 3. The molecular formula is C16H15NO2S. The fraction of sp³-hybridized carbons (Fsp3) is 0.250. The predicted octanol–water partition coefficient (Wildman–Crippen LogP) is 4.08. The maximum atomic E-state index is 12.2. The van der Waals surface area contributed by atoms with Gasteiger partial charge in [-0.15, -0.1) is 11.3 Å². The van der Waals surface area contributed by atoms with Gasteiger partial charge in [0.15, 0.2) is 5.78 Å². The largest absolute Gasteiger partial charge is 0.321 e. The number of carbonyl (C=O) groups excluding carboxylic acids is 2. The molecule has 1 heterocycles. The third kappa shape index (κ3) is 2.65. The summed E-state index contributed by atoms with van der Waals surface area (Å²) >= 11 is 1.41. The molecule has 0 spiro atoms. The Balaban J connectivity index is 1.91. The van der Waals surface area contributed by atoms with Gasteiger partial charge in [0.25, 0.3) is 5.91 Å². The quantitative estimate of drug-likeness (QED) is 0.860. The van der Waals surface area contributed by atoms with Crippen LogP contribution in [0.2, 0.25) is 0 Å². The van der Waals surface area contributed by atoms with Gasteiger partial charge in [-0.1, -0.05) is 18.2 Å². The molecule has 20 heavy (non-hydrogen) atoms. The van der Waals surface area contributed by atoms with E-state index in [4.69, 9.17) is 0 Å². The van der Waals surface area contributed by atoms with Gasteiger partial charge in [-0.2, -0.15) is 0 Å². The van der Waals surface area contributed by atoms with Crippen molar-refractivity contribution in [1.82, 2.24) is 0 Å². The molecule has 3 nitrogen and oxygen atoms in total. The fourth-order valence-electron chi connectivity index (χ4n) is 2.23. The molecule has 1 aliphatic rings. The lowest BCUT2D eigenvalue weighted by molar-refractivity contribution is 0.101. The van der Waals surface area contributed by atoms with Gasteiger partial charge in [0.1, 0.15) is 0 Å². The maximum absolute atomic E-state index is 12.2. The van der Waals surface area contributed by atoms with Crippen LogP contribution in [0.4, 0.5) is 5.69 Å². The highest BCUT2D eigenvalue weighted by Crippen LogP contribution is 2.43. The van der Waals surface area contributed by atoms with E-state index >= 15 is 0 Å². The summed E-state index contributed by atoms with van der Waals surface area (Å²) in [6.07, 6.45) is 2.31. The van der Waals surface area contributed by atoms with Crippen LogP contribution in [-0.2, 0) is 0 Å². The number of carbonyl (C=O) groups is 2. The number of anilines is 1. The highest BCUT2D eigenvalue weighted by Gasteiger charge is 2.27. The Hall–Kier alpha value is -1.94. The molecule has 4 heteroatoms. The molecule has 1 amide bonds. The Bertz CT molecular complexity index is 657. The average molecular weight is 285 g/mol. The van der Waals surface area contributed by atoms with Crippen LogP contribution in [-0.4, -0.2) is 11.7 Å². The predicted molar refractivity (Wildman–Crippen MR) is 80.7 cm³/mol. The first-order valence-electron chi connectivity index (χ1n) is 6.65. The Labute approximate surface area is 121 Å². The zero-order valence-corrected chi connectivity index (χ0v) is 12.0. The summed E-state index contributed by atoms with van der Waals surface area (Å²) < 4.78 is 0. The summed E-state index contributed by atoms with van der Waals surface area (Å²) in [6, 6.07) is 9.26. The van der Waals surface area contributed by atoms with Crippen molar-refractivity contribution in [3.63, 3.8) is 0 Å². The number of rotatable bonds is 4. The van der Waals surface area contributed by atoms with E-state index in [9.17, 15) is 9.59 Å². The van der Waals surface area contributed by atoms with E-state index in [1.165, 1.54) is 18.3 Å². The lowest BCUT2D eigenvalue weighted by Gasteiger charge is -2.11. The Morgan fingerprint density at radius 2 is 2.05 bits per heavy atom. The van der Waals surface area contributed by atoms with E-state index in [1.807, 2.05) is 23.6 Å². The number of benzene rings is 1. The first-order valence-corrected chi connectivity index (χ1v) is 7.53. The van der Waals surface area contributed by atoms with Crippen LogP contribution in [0.25, 0.3) is 0 Å². The van der Waals surface area contributed by atoms with Crippen molar-refractivity contribution in [1.29, 1.82) is 0 Å². The smallest absolute Gasteiger partial charge is 0.265 e. The van der Waals surface area contributed by atoms with Gasteiger partial charge in [0, 0.05) is 11.3 Å². The van der Waals surface area contributed by atoms with Crippen LogP contribution in [0.3, 0.4) is 0 Å². The third-order valence-corrected chi connectivity index (χ3v) is 4.34. The topological polar surface area (TPSA) is 46.2 Å². The fourth-order valence-corrected chi connectivity index (χ4v) is 2.84. The van der Waals surface area contributed by atoms with E-state index in [0.29, 0.717) is 16.4 Å². The average Bonchev–Trinajstić information content (AvgIpc) is 3.12. The molecule has 2 aromatic rings. The van der Waals surface area contributed by atoms with Crippen molar-refractivity contribution in [3.05, 3.63) is 51.7 Å². The number of thiophene rings is 1. The molecule has 1 fully saturated rings. The highest BCUT2D eigenvalue weighted by molar-refractivity contribution is 7.12. The molecule has 1 aromatic carbocycles. The molecule has 0 bridgehead atoms. The van der Waals surface area contributed by atoms with Gasteiger partial charge in [-0.3, -0.25) is 9.59 Å². The zero-order valence-electron chi connectivity index (χ0n) is 11.2. The molecule has 102 valence electrons. The SMILES string of the molecule is CC(=O)c1ccc(C2CC2)c(NC(=O)c2cccs2)c1. The lowest BCUT2D eigenvalue weighted by atomic mass is 10.0. The number of Topliss-reactive ketones (excluding diaryl/α,β-unsaturated/α-hetero) is 1. The van der Waals surface area contributed by atoms with Gasteiger partial charge in [0.05, 0.1) is 4.88 Å². The number of ketones is 1. The Morgan fingerprint density at radius 3 is 2.65 bits per heavy atom. The summed E-state index contributed by atoms with van der Waals surface area (Å²) in [5, 5.41) is 4.83. The van der Waals surface area contributed by atoms with Crippen LogP contribution in [0.5, 0.6) is 0 Å². The normalized spacial score (nSPS) is 14.1. The molecule has 1 saturated carbocycles. The number of hydrogen-bond donors (Lipinski definition) is 1. The summed E-state index contributed by atoms with van der Waals surface area (Å²) in [4.78, 5) is 24.3. The second kappa shape index (κ2) is 5.21. The first kappa shape index (κ1) is 13.1. The van der Waals surface area contributed by atoms with E-state index in [1.54, 1.807) is 12.1 Å². The van der Waals surface area contributed by atoms with Gasteiger partial charge in [-0.05, 0) is 48.8 Å². The van der Waals surface area contributed by atoms with Gasteiger partial charge in [-0.25, -0.2) is 0 Å². The van der Waals surface area contributed by atoms with Gasteiger partial charge in [0.2, 0.25) is 0 Å². The molecule has 1 aromatic heterocycles.